The molecule has 2 aliphatic heterocycles. The van der Waals surface area contributed by atoms with E-state index >= 15 is 0 Å². The Balaban J connectivity index is 1.23. The topological polar surface area (TPSA) is 35.2 Å². The van der Waals surface area contributed by atoms with Crippen LogP contribution in [0.5, 0.6) is 0 Å². The molecular weight excluding hydrogens is 1060 g/mol. The van der Waals surface area contributed by atoms with Gasteiger partial charge >= 0.3 is 0 Å². The minimum absolute atomic E-state index is 0.0437. The van der Waals surface area contributed by atoms with E-state index in [2.05, 4.69) is 6.07 Å². The van der Waals surface area contributed by atoms with E-state index in [0.29, 0.717) is 39.0 Å². The minimum Gasteiger partial charge on any atom is -0.310 e. The Hall–Kier alpha value is -11.2. The molecule has 2 aliphatic rings. The summed E-state index contributed by atoms with van der Waals surface area (Å²) in [5, 5.41) is 12.8. The predicted octanol–water partition coefficient (Wildman–Crippen LogP) is 20.0. The molecule has 0 radical (unpaired) electrons. The highest BCUT2D eigenvalue weighted by Crippen LogP contribution is 2.55. The molecule has 0 aliphatic carbocycles. The van der Waals surface area contributed by atoms with Crippen molar-refractivity contribution in [3.05, 3.63) is 314 Å². The third-order valence-corrected chi connectivity index (χ3v) is 16.4. The minimum atomic E-state index is -1.27. The highest BCUT2D eigenvalue weighted by Gasteiger charge is 2.46. The summed E-state index contributed by atoms with van der Waals surface area (Å²) in [7, 11) is 0. The molecule has 0 N–H and O–H groups in total. The molecule has 0 fully saturated rings. The Morgan fingerprint density at radius 1 is 0.375 bits per heavy atom. The second-order valence-electron chi connectivity index (χ2n) is 22.3. The Morgan fingerprint density at radius 3 is 1.32 bits per heavy atom. The largest absolute Gasteiger partial charge is 0.310 e. The zero-order valence-corrected chi connectivity index (χ0v) is 47.2. The van der Waals surface area contributed by atoms with Gasteiger partial charge in [-0.15, -0.1) is 0 Å². The molecular formula is C83H59BN4. The van der Waals surface area contributed by atoms with Crippen molar-refractivity contribution in [2.45, 2.75) is 26.2 Å². The number of para-hydroxylation sites is 4. The standard InChI is InChI=1S/C83H59BN4/c1-83(2,3)71-53-77-73(52-70(71)63-38-20-19-37-60(63)54-85)84-72-48-47-62(86-74-45-23-21-39-68(74)69-40-22-24-46-75(69)86)51-76(72)87(81-64(56-29-11-5-12-30-56)41-25-42-65(81)57-31-13-6-14-32-57)78-49-61(55-27-9-4-10-28-55)50-79(80(78)84)88(77)82-66(58-33-15-7-16-34-58)43-26-44-67(82)59-35-17-8-18-36-59/h4-53H,1-3H3/i5D,6D,7D,8D,11D,12D,13D,14D,15D,16D,17D,18D,25D,26D,29D,30D,31D,32D,33D,34D,35D,36D,41D,42D,43D,44D. The quantitative estimate of drug-likeness (QED) is 0.135. The fourth-order valence-corrected chi connectivity index (χ4v) is 12.8. The molecule has 0 bridgehead atoms. The van der Waals surface area contributed by atoms with Crippen molar-refractivity contribution in [1.29, 1.82) is 5.26 Å². The zero-order chi connectivity index (χ0) is 81.7. The van der Waals surface area contributed by atoms with Gasteiger partial charge in [0.2, 0.25) is 0 Å². The van der Waals surface area contributed by atoms with Crippen LogP contribution < -0.4 is 26.2 Å². The average molecular weight is 1150 g/mol. The molecule has 0 amide bonds. The summed E-state index contributed by atoms with van der Waals surface area (Å²) in [5.41, 5.74) is -2.95. The molecule has 13 aromatic carbocycles. The van der Waals surface area contributed by atoms with Crippen LogP contribution >= 0.6 is 0 Å². The SMILES string of the molecule is [2H]c1c([2H])c([2H])c(-c2c([2H])c([2H])c([2H])c(-c3c([2H])c([2H])c([2H])c([2H])c3[2H])c2N2c3cc(-n4c5ccccc5c5ccccc54)ccc3B3c4cc(-c5ccccc5C#N)c(C(C)(C)C)cc4N(c4c(-c5c([2H])c([2H])c([2H])c([2H])c5[2H])c([2H])c([2H])c([2H])c4-c4c([2H])c([2H])c([2H])c([2H])c4[2H])c4cc(-c5ccccc5)cc2c43)c([2H])c1[2H]. The number of nitrogens with zero attached hydrogens (tertiary/aromatic N) is 4. The molecule has 88 heavy (non-hydrogen) atoms. The molecule has 0 saturated carbocycles. The molecule has 0 spiro atoms. The normalized spacial score (nSPS) is 16.5. The monoisotopic (exact) mass is 1150 g/mol. The van der Waals surface area contributed by atoms with Crippen LogP contribution in [0.4, 0.5) is 34.1 Å². The van der Waals surface area contributed by atoms with Crippen molar-refractivity contribution in [3.63, 3.8) is 0 Å². The first-order chi connectivity index (χ1) is 54.1. The van der Waals surface area contributed by atoms with E-state index in [-0.39, 0.29) is 50.3 Å². The van der Waals surface area contributed by atoms with Gasteiger partial charge in [-0.2, -0.15) is 5.26 Å². The number of fused-ring (bicyclic) bond motifs is 7. The molecule has 16 rings (SSSR count). The second kappa shape index (κ2) is 21.1. The van der Waals surface area contributed by atoms with Gasteiger partial charge in [0.1, 0.15) is 0 Å². The van der Waals surface area contributed by atoms with Crippen molar-refractivity contribution in [2.75, 3.05) is 9.80 Å². The van der Waals surface area contributed by atoms with Gasteiger partial charge in [-0.3, -0.25) is 0 Å². The van der Waals surface area contributed by atoms with E-state index in [9.17, 15) is 35.4 Å². The summed E-state index contributed by atoms with van der Waals surface area (Å²) in [5.74, 6) is 0. The van der Waals surface area contributed by atoms with Crippen LogP contribution in [0.1, 0.15) is 67.5 Å². The van der Waals surface area contributed by atoms with Gasteiger partial charge in [0.25, 0.3) is 6.71 Å². The van der Waals surface area contributed by atoms with Crippen molar-refractivity contribution < 1.29 is 35.6 Å². The lowest BCUT2D eigenvalue weighted by Gasteiger charge is -2.46. The van der Waals surface area contributed by atoms with Gasteiger partial charge in [0, 0.05) is 61.5 Å². The second-order valence-corrected chi connectivity index (χ2v) is 22.3. The Kier molecular flexibility index (Phi) is 7.63. The summed E-state index contributed by atoms with van der Waals surface area (Å²) in [4.78, 5) is 2.97. The van der Waals surface area contributed by atoms with Crippen LogP contribution in [-0.4, -0.2) is 11.3 Å². The van der Waals surface area contributed by atoms with Crippen molar-refractivity contribution >= 4 is 79.0 Å². The molecule has 0 unspecified atom stereocenters. The summed E-state index contributed by atoms with van der Waals surface area (Å²) >= 11 is 0. The molecule has 14 aromatic rings. The molecule has 4 nitrogen and oxygen atoms in total. The van der Waals surface area contributed by atoms with Gasteiger partial charge in [-0.05, 0) is 120 Å². The van der Waals surface area contributed by atoms with Crippen LogP contribution in [0.3, 0.4) is 0 Å². The number of hydrogen-bond donors (Lipinski definition) is 0. The van der Waals surface area contributed by atoms with Gasteiger partial charge in [0.05, 0.1) is 69.7 Å². The number of nitriles is 1. The van der Waals surface area contributed by atoms with E-state index in [1.165, 1.54) is 9.80 Å². The predicted molar refractivity (Wildman–Crippen MR) is 371 cm³/mol. The number of aromatic nitrogens is 1. The number of rotatable bonds is 9. The Labute approximate surface area is 551 Å². The maximum atomic E-state index is 11.2. The fraction of sp³-hybridized carbons (Fsp3) is 0.0482. The lowest BCUT2D eigenvalue weighted by atomic mass is 9.33. The van der Waals surface area contributed by atoms with E-state index in [1.807, 2.05) is 86.0 Å². The van der Waals surface area contributed by atoms with Crippen LogP contribution in [-0.2, 0) is 5.41 Å². The van der Waals surface area contributed by atoms with Gasteiger partial charge in [0.15, 0.2) is 0 Å². The van der Waals surface area contributed by atoms with E-state index in [1.54, 1.807) is 84.9 Å². The Morgan fingerprint density at radius 2 is 0.830 bits per heavy atom. The highest BCUT2D eigenvalue weighted by molar-refractivity contribution is 7.00. The maximum Gasteiger partial charge on any atom is 0.252 e. The van der Waals surface area contributed by atoms with Crippen LogP contribution in [0.2, 0.25) is 0 Å². The van der Waals surface area contributed by atoms with Gasteiger partial charge in [-0.1, -0.05) is 275 Å². The first kappa shape index (κ1) is 31.8. The third-order valence-electron chi connectivity index (χ3n) is 16.4. The molecule has 0 atom stereocenters. The lowest BCUT2D eigenvalue weighted by Crippen LogP contribution is -2.61. The number of anilines is 6. The van der Waals surface area contributed by atoms with Crippen LogP contribution in [0, 0.1) is 11.3 Å². The summed E-state index contributed by atoms with van der Waals surface area (Å²) in [6, 6.07) is 21.4. The highest BCUT2D eigenvalue weighted by atomic mass is 15.2. The van der Waals surface area contributed by atoms with Crippen molar-refractivity contribution in [2.24, 2.45) is 0 Å². The van der Waals surface area contributed by atoms with Crippen molar-refractivity contribution in [3.8, 4) is 78.5 Å². The van der Waals surface area contributed by atoms with E-state index in [4.69, 9.17) is 5.48 Å². The first-order valence-electron chi connectivity index (χ1n) is 41.3. The summed E-state index contributed by atoms with van der Waals surface area (Å²) < 4.78 is 252. The number of benzene rings is 13. The Bertz CT molecular complexity index is 6360. The number of hydrogen-bond acceptors (Lipinski definition) is 3. The summed E-state index contributed by atoms with van der Waals surface area (Å²) in [6.07, 6.45) is 0. The van der Waals surface area contributed by atoms with Crippen LogP contribution in [0.25, 0.3) is 94.3 Å². The molecule has 0 saturated heterocycles. The van der Waals surface area contributed by atoms with Crippen LogP contribution in [0.15, 0.2) is 303 Å². The van der Waals surface area contributed by atoms with Crippen molar-refractivity contribution in [1.82, 2.24) is 4.57 Å². The first-order valence-corrected chi connectivity index (χ1v) is 28.3. The summed E-state index contributed by atoms with van der Waals surface area (Å²) in [6.45, 7) is 4.45. The van der Waals surface area contributed by atoms with E-state index < -0.39 is 225 Å². The smallest absolute Gasteiger partial charge is 0.252 e. The fourth-order valence-electron chi connectivity index (χ4n) is 12.8. The third kappa shape index (κ3) is 8.51. The molecule has 3 heterocycles. The van der Waals surface area contributed by atoms with E-state index in [0.717, 1.165) is 10.8 Å². The lowest BCUT2D eigenvalue weighted by molar-refractivity contribution is 0.592. The van der Waals surface area contributed by atoms with Gasteiger partial charge in [-0.25, -0.2) is 0 Å². The molecule has 414 valence electrons. The molecule has 1 aromatic heterocycles. The molecule has 5 heteroatoms. The average Bonchev–Trinajstić information content (AvgIpc) is 0.773. The zero-order valence-electron chi connectivity index (χ0n) is 73.2. The van der Waals surface area contributed by atoms with Gasteiger partial charge < -0.3 is 14.4 Å². The maximum absolute atomic E-state index is 11.2.